The molecule has 8 heteroatoms. The van der Waals surface area contributed by atoms with E-state index in [-0.39, 0.29) is 23.5 Å². The van der Waals surface area contributed by atoms with Crippen LogP contribution in [0.1, 0.15) is 67.3 Å². The fourth-order valence-electron chi connectivity index (χ4n) is 6.36. The Morgan fingerprint density at radius 1 is 0.972 bits per heavy atom. The summed E-state index contributed by atoms with van der Waals surface area (Å²) in [6.07, 6.45) is 7.93. The van der Waals surface area contributed by atoms with E-state index in [9.17, 15) is 14.7 Å². The van der Waals surface area contributed by atoms with Crippen LogP contribution in [0, 0.1) is 11.8 Å². The lowest BCUT2D eigenvalue weighted by Gasteiger charge is -2.38. The summed E-state index contributed by atoms with van der Waals surface area (Å²) in [6.45, 7) is 4.69. The van der Waals surface area contributed by atoms with Crippen molar-refractivity contribution in [1.82, 2.24) is 14.8 Å². The Morgan fingerprint density at radius 2 is 1.64 bits per heavy atom. The molecule has 2 amide bonds. The molecule has 0 saturated carbocycles. The number of pyridine rings is 1. The van der Waals surface area contributed by atoms with Crippen LogP contribution in [0.2, 0.25) is 0 Å². The summed E-state index contributed by atoms with van der Waals surface area (Å²) in [5.74, 6) is 1.55. The highest BCUT2D eigenvalue weighted by atomic mass is 79.9. The van der Waals surface area contributed by atoms with E-state index in [4.69, 9.17) is 4.98 Å². The maximum Gasteiger partial charge on any atom is 0.222 e. The van der Waals surface area contributed by atoms with Gasteiger partial charge < -0.3 is 14.9 Å². The molecule has 0 spiro atoms. The number of carbonyl (C=O) groups is 2. The standard InChI is InChI=1S/C28H33Br2N3O3/c1-17(34)32-8-4-18(5-9-32)12-25(36)33-10-6-19(7-11-33)27-26-20(14-23(35)15-24(26)30)2-3-21-13-22(29)16-31-28(21)27/h13-16,18-19,27,35H,2-12H2,1H3. The number of rotatable bonds is 3. The zero-order valence-corrected chi connectivity index (χ0v) is 23.9. The second-order valence-corrected chi connectivity index (χ2v) is 12.3. The number of carbonyl (C=O) groups excluding carboxylic acids is 2. The first kappa shape index (κ1) is 25.7. The van der Waals surface area contributed by atoms with Gasteiger partial charge in [0.15, 0.2) is 0 Å². The van der Waals surface area contributed by atoms with E-state index >= 15 is 0 Å². The smallest absolute Gasteiger partial charge is 0.222 e. The van der Waals surface area contributed by atoms with Crippen molar-refractivity contribution >= 4 is 43.7 Å². The molecule has 0 bridgehead atoms. The van der Waals surface area contributed by atoms with E-state index in [0.717, 1.165) is 79.3 Å². The van der Waals surface area contributed by atoms with Gasteiger partial charge in [-0.2, -0.15) is 0 Å². The van der Waals surface area contributed by atoms with Gasteiger partial charge in [0.1, 0.15) is 5.75 Å². The second kappa shape index (κ2) is 10.8. The molecule has 1 N–H and O–H groups in total. The SMILES string of the molecule is CC(=O)N1CCC(CC(=O)N2CCC(C3c4ncc(Br)cc4CCc4cc(O)cc(Br)c43)CC2)CC1. The normalized spacial score (nSPS) is 21.0. The van der Waals surface area contributed by atoms with Gasteiger partial charge >= 0.3 is 0 Å². The molecule has 1 aromatic heterocycles. The largest absolute Gasteiger partial charge is 0.508 e. The molecule has 2 fully saturated rings. The Balaban J connectivity index is 1.31. The molecule has 3 aliphatic rings. The van der Waals surface area contributed by atoms with Gasteiger partial charge in [-0.05, 0) is 101 Å². The summed E-state index contributed by atoms with van der Waals surface area (Å²) in [5.41, 5.74) is 4.80. The van der Waals surface area contributed by atoms with E-state index in [0.29, 0.717) is 18.3 Å². The Kier molecular flexibility index (Phi) is 7.73. The van der Waals surface area contributed by atoms with Crippen molar-refractivity contribution in [3.05, 3.63) is 55.7 Å². The summed E-state index contributed by atoms with van der Waals surface area (Å²) in [5, 5.41) is 10.3. The van der Waals surface area contributed by atoms with Crippen LogP contribution in [0.4, 0.5) is 0 Å². The number of likely N-dealkylation sites (tertiary alicyclic amines) is 2. The number of amides is 2. The van der Waals surface area contributed by atoms with Crippen LogP contribution in [-0.4, -0.2) is 57.9 Å². The molecule has 2 aromatic rings. The second-order valence-electron chi connectivity index (χ2n) is 10.5. The number of piperidine rings is 2. The van der Waals surface area contributed by atoms with Crippen LogP contribution in [0.25, 0.3) is 0 Å². The Hall–Kier alpha value is -1.93. The Bertz CT molecular complexity index is 1150. The van der Waals surface area contributed by atoms with E-state index in [1.807, 2.05) is 22.1 Å². The fraction of sp³-hybridized carbons (Fsp3) is 0.536. The molecule has 2 saturated heterocycles. The van der Waals surface area contributed by atoms with E-state index < -0.39 is 0 Å². The maximum absolute atomic E-state index is 13.1. The van der Waals surface area contributed by atoms with Crippen molar-refractivity contribution in [2.75, 3.05) is 26.2 Å². The van der Waals surface area contributed by atoms with Gasteiger partial charge in [0.25, 0.3) is 0 Å². The molecule has 1 atom stereocenters. The van der Waals surface area contributed by atoms with Crippen LogP contribution in [0.3, 0.4) is 0 Å². The molecule has 3 heterocycles. The monoisotopic (exact) mass is 617 g/mol. The summed E-state index contributed by atoms with van der Waals surface area (Å²) in [7, 11) is 0. The quantitative estimate of drug-likeness (QED) is 0.498. The van der Waals surface area contributed by atoms with Gasteiger partial charge in [0.05, 0.1) is 5.69 Å². The molecule has 36 heavy (non-hydrogen) atoms. The van der Waals surface area contributed by atoms with Crippen LogP contribution in [-0.2, 0) is 22.4 Å². The van der Waals surface area contributed by atoms with Crippen molar-refractivity contribution < 1.29 is 14.7 Å². The molecule has 6 nitrogen and oxygen atoms in total. The topological polar surface area (TPSA) is 73.7 Å². The Labute approximate surface area is 229 Å². The summed E-state index contributed by atoms with van der Waals surface area (Å²) >= 11 is 7.35. The van der Waals surface area contributed by atoms with E-state index in [2.05, 4.69) is 37.9 Å². The molecule has 1 unspecified atom stereocenters. The van der Waals surface area contributed by atoms with Crippen molar-refractivity contribution in [1.29, 1.82) is 0 Å². The lowest BCUT2D eigenvalue weighted by atomic mass is 9.76. The van der Waals surface area contributed by atoms with Crippen molar-refractivity contribution in [3.63, 3.8) is 0 Å². The number of nitrogens with zero attached hydrogens (tertiary/aromatic N) is 3. The van der Waals surface area contributed by atoms with Crippen molar-refractivity contribution in [2.24, 2.45) is 11.8 Å². The van der Waals surface area contributed by atoms with Gasteiger partial charge in [0.2, 0.25) is 11.8 Å². The molecule has 1 aromatic carbocycles. The first-order valence-corrected chi connectivity index (χ1v) is 14.6. The third kappa shape index (κ3) is 5.35. The minimum absolute atomic E-state index is 0.132. The molecular formula is C28H33Br2N3O3. The zero-order chi connectivity index (χ0) is 25.4. The average molecular weight is 619 g/mol. The predicted octanol–water partition coefficient (Wildman–Crippen LogP) is 5.43. The van der Waals surface area contributed by atoms with Gasteiger partial charge in [-0.15, -0.1) is 0 Å². The zero-order valence-electron chi connectivity index (χ0n) is 20.7. The Morgan fingerprint density at radius 3 is 2.33 bits per heavy atom. The fourth-order valence-corrected chi connectivity index (χ4v) is 7.48. The number of phenols is 1. The summed E-state index contributed by atoms with van der Waals surface area (Å²) in [6, 6.07) is 5.89. The average Bonchev–Trinajstić information content (AvgIpc) is 3.01. The first-order valence-electron chi connectivity index (χ1n) is 13.0. The highest BCUT2D eigenvalue weighted by molar-refractivity contribution is 9.10. The van der Waals surface area contributed by atoms with Crippen molar-refractivity contribution in [2.45, 2.75) is 57.8 Å². The number of fused-ring (bicyclic) bond motifs is 2. The number of hydrogen-bond acceptors (Lipinski definition) is 4. The van der Waals surface area contributed by atoms with Crippen LogP contribution in [0.15, 0.2) is 33.3 Å². The van der Waals surface area contributed by atoms with E-state index in [1.54, 1.807) is 13.0 Å². The van der Waals surface area contributed by atoms with Gasteiger partial charge in [-0.1, -0.05) is 15.9 Å². The molecule has 5 rings (SSSR count). The number of hydrogen-bond donors (Lipinski definition) is 1. The molecule has 1 aliphatic carbocycles. The number of benzene rings is 1. The number of aryl methyl sites for hydroxylation is 2. The minimum Gasteiger partial charge on any atom is -0.508 e. The molecule has 0 radical (unpaired) electrons. The first-order chi connectivity index (χ1) is 17.3. The predicted molar refractivity (Wildman–Crippen MR) is 146 cm³/mol. The third-order valence-electron chi connectivity index (χ3n) is 8.32. The molecule has 192 valence electrons. The molecule has 2 aliphatic heterocycles. The maximum atomic E-state index is 13.1. The van der Waals surface area contributed by atoms with Gasteiger partial charge in [-0.25, -0.2) is 0 Å². The number of halogens is 2. The van der Waals surface area contributed by atoms with Gasteiger partial charge in [-0.3, -0.25) is 14.6 Å². The summed E-state index contributed by atoms with van der Waals surface area (Å²) < 4.78 is 1.93. The number of phenolic OH excluding ortho intramolecular Hbond substituents is 1. The lowest BCUT2D eigenvalue weighted by Crippen LogP contribution is -2.42. The highest BCUT2D eigenvalue weighted by Crippen LogP contribution is 2.46. The number of aromatic nitrogens is 1. The molecular weight excluding hydrogens is 586 g/mol. The summed E-state index contributed by atoms with van der Waals surface area (Å²) in [4.78, 5) is 33.6. The van der Waals surface area contributed by atoms with Gasteiger partial charge in [0, 0.05) is 60.6 Å². The number of aromatic hydroxyl groups is 1. The van der Waals surface area contributed by atoms with Crippen LogP contribution < -0.4 is 0 Å². The van der Waals surface area contributed by atoms with Crippen LogP contribution >= 0.6 is 31.9 Å². The van der Waals surface area contributed by atoms with E-state index in [1.165, 1.54) is 16.7 Å². The van der Waals surface area contributed by atoms with Crippen molar-refractivity contribution in [3.8, 4) is 5.75 Å². The minimum atomic E-state index is 0.132. The van der Waals surface area contributed by atoms with Crippen LogP contribution in [0.5, 0.6) is 5.75 Å². The lowest BCUT2D eigenvalue weighted by molar-refractivity contribution is -0.134. The third-order valence-corrected chi connectivity index (χ3v) is 9.41. The highest BCUT2D eigenvalue weighted by Gasteiger charge is 2.36.